The van der Waals surface area contributed by atoms with E-state index in [4.69, 9.17) is 16.3 Å². The number of ether oxygens (including phenoxy) is 1. The minimum absolute atomic E-state index is 0.0528. The number of methoxy groups -OCH3 is 1. The Morgan fingerprint density at radius 2 is 1.95 bits per heavy atom. The highest BCUT2D eigenvalue weighted by Crippen LogP contribution is 2.30. The Morgan fingerprint density at radius 3 is 2.57 bits per heavy atom. The van der Waals surface area contributed by atoms with Crippen molar-refractivity contribution in [3.8, 4) is 11.5 Å². The molecular weight excluding hydrogens is 292 g/mol. The maximum absolute atomic E-state index is 11.5. The predicted octanol–water partition coefficient (Wildman–Crippen LogP) is 3.68. The number of phenolic OH excluding ortho intramolecular Hbond substituents is 1. The summed E-state index contributed by atoms with van der Waals surface area (Å²) in [6, 6.07) is 11.3. The number of aromatic hydroxyl groups is 1. The first-order valence-electron chi connectivity index (χ1n) is 6.10. The summed E-state index contributed by atoms with van der Waals surface area (Å²) in [7, 11) is 1.48. The third-order valence-electron chi connectivity index (χ3n) is 2.91. The Kier molecular flexibility index (Phi) is 4.50. The van der Waals surface area contributed by atoms with Crippen LogP contribution in [0.15, 0.2) is 42.5 Å². The largest absolute Gasteiger partial charge is 0.506 e. The fourth-order valence-corrected chi connectivity index (χ4v) is 2.09. The van der Waals surface area contributed by atoms with Gasteiger partial charge >= 0.3 is 5.97 Å². The molecule has 0 bridgehead atoms. The van der Waals surface area contributed by atoms with Crippen LogP contribution in [-0.2, 0) is 4.79 Å². The van der Waals surface area contributed by atoms with Crippen molar-refractivity contribution >= 4 is 29.2 Å². The monoisotopic (exact) mass is 304 g/mol. The number of phenols is 1. The van der Waals surface area contributed by atoms with Gasteiger partial charge in [-0.25, -0.2) is 4.79 Å². The van der Waals surface area contributed by atoms with Crippen LogP contribution >= 0.6 is 11.6 Å². The van der Waals surface area contributed by atoms with Crippen LogP contribution in [0.4, 0.5) is 0 Å². The van der Waals surface area contributed by atoms with Crippen molar-refractivity contribution < 1.29 is 19.7 Å². The minimum atomic E-state index is -1.08. The fraction of sp³-hybridized carbons (Fsp3) is 0.0625. The lowest BCUT2D eigenvalue weighted by atomic mass is 10.0. The van der Waals surface area contributed by atoms with Crippen molar-refractivity contribution in [1.29, 1.82) is 0 Å². The molecule has 2 rings (SSSR count). The molecule has 21 heavy (non-hydrogen) atoms. The summed E-state index contributed by atoms with van der Waals surface area (Å²) >= 11 is 5.83. The van der Waals surface area contributed by atoms with Crippen LogP contribution in [0.25, 0.3) is 11.6 Å². The molecule has 0 spiro atoms. The Morgan fingerprint density at radius 1 is 1.24 bits per heavy atom. The van der Waals surface area contributed by atoms with Gasteiger partial charge in [0.25, 0.3) is 0 Å². The molecule has 0 saturated carbocycles. The third-order valence-corrected chi connectivity index (χ3v) is 3.21. The molecule has 0 amide bonds. The van der Waals surface area contributed by atoms with E-state index in [-0.39, 0.29) is 16.3 Å². The van der Waals surface area contributed by atoms with Gasteiger partial charge in [-0.3, -0.25) is 0 Å². The summed E-state index contributed by atoms with van der Waals surface area (Å²) in [6.07, 6.45) is 1.48. The molecule has 0 atom stereocenters. The lowest BCUT2D eigenvalue weighted by molar-refractivity contribution is -0.130. The van der Waals surface area contributed by atoms with Gasteiger partial charge < -0.3 is 14.9 Å². The van der Waals surface area contributed by atoms with Gasteiger partial charge in [-0.2, -0.15) is 0 Å². The van der Waals surface area contributed by atoms with E-state index < -0.39 is 5.97 Å². The highest BCUT2D eigenvalue weighted by atomic mass is 35.5. The van der Waals surface area contributed by atoms with E-state index in [1.165, 1.54) is 25.3 Å². The fourth-order valence-electron chi connectivity index (χ4n) is 1.90. The molecule has 2 N–H and O–H groups in total. The van der Waals surface area contributed by atoms with Crippen molar-refractivity contribution in [2.45, 2.75) is 0 Å². The Bertz CT molecular complexity index is 707. The van der Waals surface area contributed by atoms with Gasteiger partial charge in [-0.05, 0) is 29.8 Å². The van der Waals surface area contributed by atoms with Gasteiger partial charge in [-0.15, -0.1) is 0 Å². The third kappa shape index (κ3) is 3.35. The standard InChI is InChI=1S/C16H13ClO4/c1-21-15-5-3-2-4-11(15)12(16(19)20)8-10-6-7-14(18)13(17)9-10/h2-9,18H,1H3,(H,19,20)/b12-8-. The summed E-state index contributed by atoms with van der Waals surface area (Å²) < 4.78 is 5.19. The molecule has 0 unspecified atom stereocenters. The summed E-state index contributed by atoms with van der Waals surface area (Å²) in [5.41, 5.74) is 1.12. The van der Waals surface area contributed by atoms with Gasteiger partial charge in [0.2, 0.25) is 0 Å². The first-order chi connectivity index (χ1) is 10.0. The topological polar surface area (TPSA) is 66.8 Å². The maximum Gasteiger partial charge on any atom is 0.336 e. The minimum Gasteiger partial charge on any atom is -0.506 e. The van der Waals surface area contributed by atoms with Crippen molar-refractivity contribution in [3.05, 3.63) is 58.6 Å². The van der Waals surface area contributed by atoms with Crippen LogP contribution in [0.2, 0.25) is 5.02 Å². The molecule has 0 heterocycles. The number of aliphatic carboxylic acids is 1. The molecule has 2 aromatic carbocycles. The SMILES string of the molecule is COc1ccccc1/C(=C/c1ccc(O)c(Cl)c1)C(=O)O. The second-order valence-corrected chi connectivity index (χ2v) is 4.68. The number of carboxylic acid groups (broad SMARTS) is 1. The first-order valence-corrected chi connectivity index (χ1v) is 6.47. The van der Waals surface area contributed by atoms with Crippen molar-refractivity contribution in [2.24, 2.45) is 0 Å². The summed E-state index contributed by atoms with van der Waals surface area (Å²) in [4.78, 5) is 11.5. The first kappa shape index (κ1) is 14.9. The number of benzene rings is 2. The lowest BCUT2D eigenvalue weighted by Gasteiger charge is -2.09. The van der Waals surface area contributed by atoms with Crippen LogP contribution in [0, 0.1) is 0 Å². The molecule has 108 valence electrons. The highest BCUT2D eigenvalue weighted by Gasteiger charge is 2.15. The van der Waals surface area contributed by atoms with Crippen molar-refractivity contribution in [1.82, 2.24) is 0 Å². The molecule has 5 heteroatoms. The second kappa shape index (κ2) is 6.33. The summed E-state index contributed by atoms with van der Waals surface area (Å²) in [5.74, 6) is -0.664. The van der Waals surface area contributed by atoms with Crippen LogP contribution in [0.5, 0.6) is 11.5 Å². The Balaban J connectivity index is 2.55. The average Bonchev–Trinajstić information content (AvgIpc) is 2.48. The molecule has 0 aliphatic rings. The van der Waals surface area contributed by atoms with E-state index in [0.29, 0.717) is 16.9 Å². The van der Waals surface area contributed by atoms with Gasteiger partial charge in [0.15, 0.2) is 0 Å². The van der Waals surface area contributed by atoms with Gasteiger partial charge in [0, 0.05) is 5.56 Å². The second-order valence-electron chi connectivity index (χ2n) is 4.27. The van der Waals surface area contributed by atoms with E-state index in [0.717, 1.165) is 0 Å². The van der Waals surface area contributed by atoms with Crippen LogP contribution in [-0.4, -0.2) is 23.3 Å². The van der Waals surface area contributed by atoms with E-state index in [2.05, 4.69) is 0 Å². The zero-order valence-corrected chi connectivity index (χ0v) is 12.0. The molecule has 0 aliphatic carbocycles. The zero-order chi connectivity index (χ0) is 15.4. The van der Waals surface area contributed by atoms with Crippen LogP contribution in [0.1, 0.15) is 11.1 Å². The van der Waals surface area contributed by atoms with E-state index in [9.17, 15) is 15.0 Å². The quantitative estimate of drug-likeness (QED) is 0.668. The Labute approximate surface area is 126 Å². The normalized spacial score (nSPS) is 11.2. The summed E-state index contributed by atoms with van der Waals surface area (Å²) in [6.45, 7) is 0. The van der Waals surface area contributed by atoms with Crippen molar-refractivity contribution in [3.63, 3.8) is 0 Å². The lowest BCUT2D eigenvalue weighted by Crippen LogP contribution is -2.01. The van der Waals surface area contributed by atoms with Crippen LogP contribution < -0.4 is 4.74 Å². The zero-order valence-electron chi connectivity index (χ0n) is 11.2. The maximum atomic E-state index is 11.5. The number of carboxylic acids is 1. The number of hydrogen-bond acceptors (Lipinski definition) is 3. The number of halogens is 1. The highest BCUT2D eigenvalue weighted by molar-refractivity contribution is 6.32. The molecule has 4 nitrogen and oxygen atoms in total. The molecule has 0 radical (unpaired) electrons. The number of rotatable bonds is 4. The van der Waals surface area contributed by atoms with Gasteiger partial charge in [0.1, 0.15) is 11.5 Å². The number of para-hydroxylation sites is 1. The van der Waals surface area contributed by atoms with Gasteiger partial charge in [-0.1, -0.05) is 35.9 Å². The molecule has 0 fully saturated rings. The number of carbonyl (C=O) groups is 1. The predicted molar refractivity (Wildman–Crippen MR) is 81.6 cm³/mol. The molecule has 0 aromatic heterocycles. The molecule has 0 aliphatic heterocycles. The molecule has 0 saturated heterocycles. The number of hydrogen-bond donors (Lipinski definition) is 2. The van der Waals surface area contributed by atoms with E-state index in [1.54, 1.807) is 30.3 Å². The average molecular weight is 305 g/mol. The van der Waals surface area contributed by atoms with Crippen LogP contribution in [0.3, 0.4) is 0 Å². The molecular formula is C16H13ClO4. The van der Waals surface area contributed by atoms with E-state index in [1.807, 2.05) is 0 Å². The van der Waals surface area contributed by atoms with Gasteiger partial charge in [0.05, 0.1) is 17.7 Å². The van der Waals surface area contributed by atoms with E-state index >= 15 is 0 Å². The van der Waals surface area contributed by atoms with Crippen molar-refractivity contribution in [2.75, 3.05) is 7.11 Å². The molecule has 2 aromatic rings. The smallest absolute Gasteiger partial charge is 0.336 e. The Hall–Kier alpha value is -2.46. The summed E-state index contributed by atoms with van der Waals surface area (Å²) in [5, 5.41) is 19.0.